The van der Waals surface area contributed by atoms with E-state index in [-0.39, 0.29) is 0 Å². The molecule has 0 aliphatic heterocycles. The Balaban J connectivity index is 3.58. The van der Waals surface area contributed by atoms with Crippen molar-refractivity contribution < 1.29 is 5.11 Å². The van der Waals surface area contributed by atoms with E-state index in [4.69, 9.17) is 5.11 Å². The molecule has 0 aromatic carbocycles. The van der Waals surface area contributed by atoms with Crippen LogP contribution in [-0.2, 0) is 0 Å². The predicted molar refractivity (Wildman–Crippen MR) is 39.5 cm³/mol. The zero-order chi connectivity index (χ0) is 5.70. The monoisotopic (exact) mass is 210 g/mol. The number of aliphatic hydroxyl groups excluding tert-OH is 1. The smallest absolute Gasteiger partial charge is 0.111 e. The van der Waals surface area contributed by atoms with Crippen LogP contribution in [0.15, 0.2) is 22.0 Å². The molecule has 1 N–H and O–H groups in total. The van der Waals surface area contributed by atoms with Gasteiger partial charge in [-0.15, -0.1) is 0 Å². The Labute approximate surface area is 56.9 Å². The van der Waals surface area contributed by atoms with Gasteiger partial charge in [-0.05, 0) is 23.2 Å². The van der Waals surface area contributed by atoms with E-state index < -0.39 is 0 Å². The van der Waals surface area contributed by atoms with E-state index in [2.05, 4.69) is 0 Å². The molecule has 0 radical (unpaired) electrons. The zero-order valence-corrected chi connectivity index (χ0v) is 6.21. The summed E-state index contributed by atoms with van der Waals surface area (Å²) in [7, 11) is 0. The summed E-state index contributed by atoms with van der Waals surface area (Å²) in [4.78, 5) is 0. The van der Waals surface area contributed by atoms with Gasteiger partial charge in [0.1, 0.15) is 5.76 Å². The lowest BCUT2D eigenvalue weighted by molar-refractivity contribution is 0.431. The van der Waals surface area contributed by atoms with Gasteiger partial charge in [-0.2, -0.15) is 0 Å². The van der Waals surface area contributed by atoms with Gasteiger partial charge in [0.2, 0.25) is 0 Å². The highest BCUT2D eigenvalue weighted by atomic mass is 127. The summed E-state index contributed by atoms with van der Waals surface area (Å²) in [5, 5.41) is 8.63. The predicted octanol–water partition coefficient (Wildman–Crippen LogP) is 2.40. The lowest BCUT2D eigenvalue weighted by Gasteiger charge is -1.80. The van der Waals surface area contributed by atoms with Gasteiger partial charge in [-0.3, -0.25) is 0 Å². The first-order valence-corrected chi connectivity index (χ1v) is 3.18. The summed E-state index contributed by atoms with van der Waals surface area (Å²) in [5.41, 5.74) is 0. The second-order valence-corrected chi connectivity index (χ2v) is 1.73. The quantitative estimate of drug-likeness (QED) is 0.400. The van der Waals surface area contributed by atoms with Crippen LogP contribution in [0.4, 0.5) is 0 Å². The second kappa shape index (κ2) is 4.18. The highest BCUT2D eigenvalue weighted by molar-refractivity contribution is 14.1. The van der Waals surface area contributed by atoms with Crippen LogP contribution in [0.5, 0.6) is 0 Å². The van der Waals surface area contributed by atoms with Crippen LogP contribution >= 0.6 is 22.6 Å². The molecule has 7 heavy (non-hydrogen) atoms. The third-order valence-electron chi connectivity index (χ3n) is 0.530. The SMILES string of the molecule is C/C=C(O)\C=C\I. The van der Waals surface area contributed by atoms with Gasteiger partial charge in [0.15, 0.2) is 0 Å². The van der Waals surface area contributed by atoms with Crippen molar-refractivity contribution >= 4 is 22.6 Å². The van der Waals surface area contributed by atoms with Crippen LogP contribution in [0.3, 0.4) is 0 Å². The summed E-state index contributed by atoms with van der Waals surface area (Å²) in [6.45, 7) is 1.78. The van der Waals surface area contributed by atoms with Gasteiger partial charge >= 0.3 is 0 Å². The molecule has 0 fully saturated rings. The fourth-order valence-electron chi connectivity index (χ4n) is 0.161. The minimum atomic E-state index is 0.314. The maximum Gasteiger partial charge on any atom is 0.111 e. The van der Waals surface area contributed by atoms with Gasteiger partial charge in [0, 0.05) is 0 Å². The molecule has 1 nitrogen and oxygen atoms in total. The van der Waals surface area contributed by atoms with Crippen LogP contribution in [0.2, 0.25) is 0 Å². The Morgan fingerprint density at radius 2 is 2.29 bits per heavy atom. The molecular weight excluding hydrogens is 203 g/mol. The molecule has 0 saturated heterocycles. The third kappa shape index (κ3) is 3.85. The van der Waals surface area contributed by atoms with Gasteiger partial charge in [-0.25, -0.2) is 0 Å². The number of hydrogen-bond donors (Lipinski definition) is 1. The highest BCUT2D eigenvalue weighted by Crippen LogP contribution is 1.92. The summed E-state index contributed by atoms with van der Waals surface area (Å²) >= 11 is 2.04. The summed E-state index contributed by atoms with van der Waals surface area (Å²) in [5.74, 6) is 0.314. The maximum absolute atomic E-state index is 8.63. The summed E-state index contributed by atoms with van der Waals surface area (Å²) in [6.07, 6.45) is 3.26. The number of halogens is 1. The zero-order valence-electron chi connectivity index (χ0n) is 4.06. The lowest BCUT2D eigenvalue weighted by atomic mass is 10.5. The van der Waals surface area contributed by atoms with Crippen LogP contribution in [-0.4, -0.2) is 5.11 Å². The molecule has 0 saturated carbocycles. The Bertz CT molecular complexity index is 94.3. The number of allylic oxidation sites excluding steroid dienone is 2. The van der Waals surface area contributed by atoms with Crippen molar-refractivity contribution in [2.75, 3.05) is 0 Å². The summed E-state index contributed by atoms with van der Waals surface area (Å²) in [6, 6.07) is 0. The molecule has 0 aromatic heterocycles. The lowest BCUT2D eigenvalue weighted by Crippen LogP contribution is -1.66. The first-order valence-electron chi connectivity index (χ1n) is 1.93. The molecule has 0 unspecified atom stereocenters. The third-order valence-corrected chi connectivity index (χ3v) is 0.889. The molecule has 0 aliphatic rings. The van der Waals surface area contributed by atoms with Crippen molar-refractivity contribution in [2.24, 2.45) is 0 Å². The van der Waals surface area contributed by atoms with Gasteiger partial charge in [0.05, 0.1) is 0 Å². The molecular formula is C5H7IO. The Morgan fingerprint density at radius 3 is 2.43 bits per heavy atom. The first-order chi connectivity index (χ1) is 3.31. The maximum atomic E-state index is 8.63. The van der Waals surface area contributed by atoms with Crippen LogP contribution in [0, 0.1) is 0 Å². The standard InChI is InChI=1S/C5H7IO/c1-2-5(7)3-4-6/h2-4,7H,1H3/b4-3+,5-2+. The summed E-state index contributed by atoms with van der Waals surface area (Å²) < 4.78 is 1.76. The molecule has 0 amide bonds. The fraction of sp³-hybridized carbons (Fsp3) is 0.200. The van der Waals surface area contributed by atoms with E-state index in [1.165, 1.54) is 0 Å². The van der Waals surface area contributed by atoms with Crippen molar-refractivity contribution in [3.8, 4) is 0 Å². The molecule has 0 heterocycles. The molecule has 40 valence electrons. The Kier molecular flexibility index (Phi) is 4.18. The Hall–Kier alpha value is 0.01000. The molecule has 0 atom stereocenters. The van der Waals surface area contributed by atoms with Crippen molar-refractivity contribution in [3.05, 3.63) is 22.0 Å². The molecule has 0 aromatic rings. The minimum Gasteiger partial charge on any atom is -0.508 e. The van der Waals surface area contributed by atoms with E-state index in [1.807, 2.05) is 22.6 Å². The topological polar surface area (TPSA) is 20.2 Å². The van der Waals surface area contributed by atoms with Crippen LogP contribution in [0.25, 0.3) is 0 Å². The molecule has 0 aliphatic carbocycles. The largest absolute Gasteiger partial charge is 0.508 e. The van der Waals surface area contributed by atoms with Crippen molar-refractivity contribution in [1.82, 2.24) is 0 Å². The number of hydrogen-bond acceptors (Lipinski definition) is 1. The molecule has 2 heteroatoms. The average molecular weight is 210 g/mol. The highest BCUT2D eigenvalue weighted by Gasteiger charge is 1.73. The van der Waals surface area contributed by atoms with Crippen LogP contribution in [0.1, 0.15) is 6.92 Å². The normalized spacial score (nSPS) is 13.1. The fourth-order valence-corrected chi connectivity index (χ4v) is 0.529. The van der Waals surface area contributed by atoms with Gasteiger partial charge in [-0.1, -0.05) is 22.6 Å². The number of rotatable bonds is 1. The average Bonchev–Trinajstić information content (AvgIpc) is 1.68. The van der Waals surface area contributed by atoms with Crippen molar-refractivity contribution in [3.63, 3.8) is 0 Å². The van der Waals surface area contributed by atoms with E-state index in [0.29, 0.717) is 5.76 Å². The second-order valence-electron chi connectivity index (χ2n) is 1.01. The van der Waals surface area contributed by atoms with Gasteiger partial charge < -0.3 is 5.11 Å². The molecule has 0 bridgehead atoms. The molecule has 0 spiro atoms. The van der Waals surface area contributed by atoms with Crippen molar-refractivity contribution in [1.29, 1.82) is 0 Å². The van der Waals surface area contributed by atoms with E-state index in [1.54, 1.807) is 23.2 Å². The van der Waals surface area contributed by atoms with E-state index in [9.17, 15) is 0 Å². The minimum absolute atomic E-state index is 0.314. The molecule has 0 rings (SSSR count). The van der Waals surface area contributed by atoms with Crippen LogP contribution < -0.4 is 0 Å². The van der Waals surface area contributed by atoms with Gasteiger partial charge in [0.25, 0.3) is 0 Å². The first kappa shape index (κ1) is 7.01. The van der Waals surface area contributed by atoms with E-state index >= 15 is 0 Å². The van der Waals surface area contributed by atoms with E-state index in [0.717, 1.165) is 0 Å². The Morgan fingerprint density at radius 1 is 1.71 bits per heavy atom. The van der Waals surface area contributed by atoms with Crippen molar-refractivity contribution in [2.45, 2.75) is 6.92 Å². The number of aliphatic hydroxyl groups is 1.